The molecule has 1 aliphatic carbocycles. The lowest BCUT2D eigenvalue weighted by atomic mass is 9.82. The monoisotopic (exact) mass is 356 g/mol. The Bertz CT molecular complexity index is 483. The second kappa shape index (κ2) is 4.73. The Labute approximate surface area is 118 Å². The van der Waals surface area contributed by atoms with Crippen LogP contribution in [0.3, 0.4) is 0 Å². The first-order valence-electron chi connectivity index (χ1n) is 6.02. The van der Waals surface area contributed by atoms with Gasteiger partial charge in [0.2, 0.25) is 0 Å². The van der Waals surface area contributed by atoms with Crippen molar-refractivity contribution < 1.29 is 0 Å². The molecule has 2 aliphatic rings. The van der Waals surface area contributed by atoms with Crippen LogP contribution in [-0.2, 0) is 6.42 Å². The molecule has 0 aromatic heterocycles. The van der Waals surface area contributed by atoms with Gasteiger partial charge in [0.05, 0.1) is 6.54 Å². The van der Waals surface area contributed by atoms with Gasteiger partial charge in [0.25, 0.3) is 0 Å². The third kappa shape index (κ3) is 2.17. The first kappa shape index (κ1) is 11.7. The zero-order valence-corrected chi connectivity index (χ0v) is 12.6. The lowest BCUT2D eigenvalue weighted by molar-refractivity contribution is 0.639. The van der Waals surface area contributed by atoms with Crippen LogP contribution in [-0.4, -0.2) is 18.9 Å². The number of hydrogen-bond acceptors (Lipinski definition) is 2. The van der Waals surface area contributed by atoms with Gasteiger partial charge in [0.1, 0.15) is 5.84 Å². The molecule has 90 valence electrons. The minimum absolute atomic E-state index is 0.468. The normalized spacial score (nSPS) is 22.9. The van der Waals surface area contributed by atoms with Crippen molar-refractivity contribution in [3.05, 3.63) is 32.2 Å². The maximum Gasteiger partial charge on any atom is 0.104 e. The van der Waals surface area contributed by atoms with Crippen LogP contribution in [0.25, 0.3) is 0 Å². The number of benzene rings is 1. The van der Waals surface area contributed by atoms with Crippen molar-refractivity contribution in [1.82, 2.24) is 5.32 Å². The minimum Gasteiger partial charge on any atom is -0.371 e. The molecule has 4 heteroatoms. The van der Waals surface area contributed by atoms with Crippen LogP contribution in [0, 0.1) is 0 Å². The van der Waals surface area contributed by atoms with E-state index in [1.807, 2.05) is 0 Å². The number of rotatable bonds is 1. The van der Waals surface area contributed by atoms with Crippen molar-refractivity contribution in [2.45, 2.75) is 25.2 Å². The van der Waals surface area contributed by atoms with Gasteiger partial charge in [-0.3, -0.25) is 4.99 Å². The van der Waals surface area contributed by atoms with Gasteiger partial charge >= 0.3 is 0 Å². The van der Waals surface area contributed by atoms with Crippen molar-refractivity contribution >= 4 is 37.7 Å². The van der Waals surface area contributed by atoms with E-state index in [0.29, 0.717) is 5.92 Å². The van der Waals surface area contributed by atoms with E-state index in [0.717, 1.165) is 17.6 Å². The molecule has 0 spiro atoms. The van der Waals surface area contributed by atoms with E-state index >= 15 is 0 Å². The zero-order chi connectivity index (χ0) is 11.8. The molecule has 17 heavy (non-hydrogen) atoms. The number of aliphatic imine (C=N–C) groups is 1. The molecule has 1 aromatic rings. The van der Waals surface area contributed by atoms with Crippen LogP contribution in [0.2, 0.25) is 0 Å². The molecule has 1 aliphatic heterocycles. The summed E-state index contributed by atoms with van der Waals surface area (Å²) in [5.41, 5.74) is 2.89. The maximum absolute atomic E-state index is 4.59. The predicted molar refractivity (Wildman–Crippen MR) is 77.8 cm³/mol. The summed E-state index contributed by atoms with van der Waals surface area (Å²) in [5.74, 6) is 1.66. The molecule has 1 aromatic carbocycles. The first-order valence-corrected chi connectivity index (χ1v) is 7.60. The fraction of sp³-hybridized carbons (Fsp3) is 0.462. The summed E-state index contributed by atoms with van der Waals surface area (Å²) < 4.78 is 2.37. The summed E-state index contributed by atoms with van der Waals surface area (Å²) in [6.45, 7) is 1.92. The Hall–Kier alpha value is -0.350. The van der Waals surface area contributed by atoms with Gasteiger partial charge in [-0.15, -0.1) is 0 Å². The molecule has 1 N–H and O–H groups in total. The standard InChI is InChI=1S/C13H14Br2N2/c14-8-6-11-9(12(15)7-8)2-1-3-10(11)13-16-4-5-17-13/h6-7,10H,1-5H2,(H,16,17). The molecule has 3 rings (SSSR count). The second-order valence-corrected chi connectivity index (χ2v) is 6.36. The molecule has 1 atom stereocenters. The Balaban J connectivity index is 2.06. The van der Waals surface area contributed by atoms with Crippen molar-refractivity contribution in [2.24, 2.45) is 4.99 Å². The van der Waals surface area contributed by atoms with Gasteiger partial charge in [-0.05, 0) is 42.5 Å². The molecule has 2 nitrogen and oxygen atoms in total. The van der Waals surface area contributed by atoms with Crippen LogP contribution in [0.5, 0.6) is 0 Å². The molecule has 0 fully saturated rings. The highest BCUT2D eigenvalue weighted by Crippen LogP contribution is 2.38. The lowest BCUT2D eigenvalue weighted by Crippen LogP contribution is -2.28. The Morgan fingerprint density at radius 1 is 1.29 bits per heavy atom. The zero-order valence-electron chi connectivity index (χ0n) is 9.47. The van der Waals surface area contributed by atoms with E-state index in [4.69, 9.17) is 0 Å². The molecule has 0 bridgehead atoms. The average molecular weight is 358 g/mol. The fourth-order valence-corrected chi connectivity index (χ4v) is 4.23. The highest BCUT2D eigenvalue weighted by atomic mass is 79.9. The van der Waals surface area contributed by atoms with Crippen LogP contribution in [0.1, 0.15) is 29.9 Å². The third-order valence-corrected chi connectivity index (χ3v) is 4.69. The van der Waals surface area contributed by atoms with E-state index in [2.05, 4.69) is 54.3 Å². The number of amidine groups is 1. The second-order valence-electron chi connectivity index (χ2n) is 4.59. The molecular weight excluding hydrogens is 344 g/mol. The van der Waals surface area contributed by atoms with Gasteiger partial charge in [-0.2, -0.15) is 0 Å². The average Bonchev–Trinajstić information content (AvgIpc) is 2.81. The fourth-order valence-electron chi connectivity index (χ4n) is 2.77. The SMILES string of the molecule is Brc1cc(Br)c2c(c1)C(C1=NCCN1)CCC2. The maximum atomic E-state index is 4.59. The van der Waals surface area contributed by atoms with Crippen LogP contribution >= 0.6 is 31.9 Å². The van der Waals surface area contributed by atoms with Crippen LogP contribution < -0.4 is 5.32 Å². The summed E-state index contributed by atoms with van der Waals surface area (Å²) >= 11 is 7.27. The van der Waals surface area contributed by atoms with Crippen molar-refractivity contribution in [3.63, 3.8) is 0 Å². The van der Waals surface area contributed by atoms with Gasteiger partial charge in [-0.25, -0.2) is 0 Å². The number of halogens is 2. The Kier molecular flexibility index (Phi) is 3.26. The molecular formula is C13H14Br2N2. The number of fused-ring (bicyclic) bond motifs is 1. The van der Waals surface area contributed by atoms with Crippen molar-refractivity contribution in [1.29, 1.82) is 0 Å². The van der Waals surface area contributed by atoms with Gasteiger partial charge in [0, 0.05) is 21.4 Å². The summed E-state index contributed by atoms with van der Waals surface area (Å²) in [6.07, 6.45) is 3.63. The summed E-state index contributed by atoms with van der Waals surface area (Å²) in [5, 5.41) is 3.43. The molecule has 0 saturated carbocycles. The van der Waals surface area contributed by atoms with E-state index < -0.39 is 0 Å². The number of nitrogens with zero attached hydrogens (tertiary/aromatic N) is 1. The highest BCUT2D eigenvalue weighted by molar-refractivity contribution is 9.11. The van der Waals surface area contributed by atoms with Crippen molar-refractivity contribution in [3.8, 4) is 0 Å². The van der Waals surface area contributed by atoms with Gasteiger partial charge < -0.3 is 5.32 Å². The summed E-state index contributed by atoms with van der Waals surface area (Å²) in [6, 6.07) is 4.40. The minimum atomic E-state index is 0.468. The molecule has 0 amide bonds. The molecule has 0 radical (unpaired) electrons. The largest absolute Gasteiger partial charge is 0.371 e. The molecule has 1 heterocycles. The molecule has 1 unspecified atom stereocenters. The van der Waals surface area contributed by atoms with Crippen molar-refractivity contribution in [2.75, 3.05) is 13.1 Å². The highest BCUT2D eigenvalue weighted by Gasteiger charge is 2.27. The summed E-state index contributed by atoms with van der Waals surface area (Å²) in [7, 11) is 0. The van der Waals surface area contributed by atoms with Gasteiger partial charge in [0.15, 0.2) is 0 Å². The smallest absolute Gasteiger partial charge is 0.104 e. The van der Waals surface area contributed by atoms with E-state index in [9.17, 15) is 0 Å². The van der Waals surface area contributed by atoms with Gasteiger partial charge in [-0.1, -0.05) is 31.9 Å². The van der Waals surface area contributed by atoms with Crippen LogP contribution in [0.15, 0.2) is 26.1 Å². The van der Waals surface area contributed by atoms with E-state index in [1.165, 1.54) is 40.7 Å². The first-order chi connectivity index (χ1) is 8.25. The Morgan fingerprint density at radius 2 is 2.18 bits per heavy atom. The quantitative estimate of drug-likeness (QED) is 0.815. The molecule has 0 saturated heterocycles. The van der Waals surface area contributed by atoms with E-state index in [1.54, 1.807) is 0 Å². The predicted octanol–water partition coefficient (Wildman–Crippen LogP) is 3.63. The number of nitrogens with one attached hydrogen (secondary N) is 1. The lowest BCUT2D eigenvalue weighted by Gasteiger charge is -2.27. The van der Waals surface area contributed by atoms with Crippen LogP contribution in [0.4, 0.5) is 0 Å². The summed E-state index contributed by atoms with van der Waals surface area (Å²) in [4.78, 5) is 4.59. The topological polar surface area (TPSA) is 24.4 Å². The Morgan fingerprint density at radius 3 is 2.94 bits per heavy atom. The number of hydrogen-bond donors (Lipinski definition) is 1. The third-order valence-electron chi connectivity index (χ3n) is 3.52. The van der Waals surface area contributed by atoms with E-state index in [-0.39, 0.29) is 0 Å².